The molecular weight excluding hydrogens is 392 g/mol. The fourth-order valence-electron chi connectivity index (χ4n) is 2.76. The van der Waals surface area contributed by atoms with Crippen LogP contribution in [0.1, 0.15) is 36.7 Å². The van der Waals surface area contributed by atoms with Gasteiger partial charge in [0.1, 0.15) is 18.0 Å². The molecule has 0 aliphatic heterocycles. The summed E-state index contributed by atoms with van der Waals surface area (Å²) in [5.41, 5.74) is 1.89. The van der Waals surface area contributed by atoms with Gasteiger partial charge in [0.25, 0.3) is 5.91 Å². The summed E-state index contributed by atoms with van der Waals surface area (Å²) < 4.78 is 11.3. The van der Waals surface area contributed by atoms with Gasteiger partial charge in [-0.3, -0.25) is 10.1 Å². The predicted octanol–water partition coefficient (Wildman–Crippen LogP) is 5.86. The molecule has 0 unspecified atom stereocenters. The second-order valence-electron chi connectivity index (χ2n) is 7.93. The van der Waals surface area contributed by atoms with Crippen LogP contribution in [0.25, 0.3) is 0 Å². The predicted molar refractivity (Wildman–Crippen MR) is 121 cm³/mol. The lowest BCUT2D eigenvalue weighted by Crippen LogP contribution is -2.27. The van der Waals surface area contributed by atoms with E-state index in [4.69, 9.17) is 9.47 Å². The molecule has 6 heteroatoms. The van der Waals surface area contributed by atoms with Gasteiger partial charge >= 0.3 is 6.09 Å². The molecule has 0 fully saturated rings. The highest BCUT2D eigenvalue weighted by atomic mass is 16.6. The SMILES string of the molecule is CC(C)(C)OC(=O)Nc1ccc(NC(=O)c2ccccc2)cc1OCc1ccccc1. The van der Waals surface area contributed by atoms with Gasteiger partial charge in [-0.25, -0.2) is 4.79 Å². The van der Waals surface area contributed by atoms with E-state index in [1.54, 1.807) is 63.2 Å². The van der Waals surface area contributed by atoms with Gasteiger partial charge in [0, 0.05) is 17.3 Å². The van der Waals surface area contributed by atoms with E-state index in [0.29, 0.717) is 29.3 Å². The fourth-order valence-corrected chi connectivity index (χ4v) is 2.76. The zero-order chi connectivity index (χ0) is 22.3. The molecule has 3 aromatic carbocycles. The van der Waals surface area contributed by atoms with Gasteiger partial charge in [-0.15, -0.1) is 0 Å². The Kier molecular flexibility index (Phi) is 6.92. The maximum Gasteiger partial charge on any atom is 0.412 e. The highest BCUT2D eigenvalue weighted by molar-refractivity contribution is 6.04. The molecule has 31 heavy (non-hydrogen) atoms. The van der Waals surface area contributed by atoms with Crippen LogP contribution in [0.3, 0.4) is 0 Å². The minimum atomic E-state index is -0.626. The van der Waals surface area contributed by atoms with E-state index in [-0.39, 0.29) is 5.91 Å². The molecule has 0 aliphatic rings. The Morgan fingerprint density at radius 2 is 1.48 bits per heavy atom. The van der Waals surface area contributed by atoms with Crippen LogP contribution in [0.15, 0.2) is 78.9 Å². The second-order valence-corrected chi connectivity index (χ2v) is 7.93. The van der Waals surface area contributed by atoms with Crippen molar-refractivity contribution in [3.05, 3.63) is 90.0 Å². The van der Waals surface area contributed by atoms with Crippen LogP contribution in [0.2, 0.25) is 0 Å². The van der Waals surface area contributed by atoms with Crippen LogP contribution >= 0.6 is 0 Å². The minimum absolute atomic E-state index is 0.234. The Morgan fingerprint density at radius 3 is 2.13 bits per heavy atom. The molecule has 0 aliphatic carbocycles. The molecule has 0 radical (unpaired) electrons. The molecule has 160 valence electrons. The van der Waals surface area contributed by atoms with E-state index >= 15 is 0 Å². The average Bonchev–Trinajstić information content (AvgIpc) is 2.73. The zero-order valence-electron chi connectivity index (χ0n) is 17.8. The van der Waals surface area contributed by atoms with Crippen LogP contribution in [0, 0.1) is 0 Å². The molecule has 0 heterocycles. The van der Waals surface area contributed by atoms with E-state index < -0.39 is 11.7 Å². The molecule has 0 spiro atoms. The second kappa shape index (κ2) is 9.80. The maximum absolute atomic E-state index is 12.5. The van der Waals surface area contributed by atoms with Crippen molar-refractivity contribution in [3.63, 3.8) is 0 Å². The van der Waals surface area contributed by atoms with Crippen LogP contribution < -0.4 is 15.4 Å². The Hall–Kier alpha value is -3.80. The summed E-state index contributed by atoms with van der Waals surface area (Å²) in [5, 5.41) is 5.57. The van der Waals surface area contributed by atoms with Gasteiger partial charge in [0.15, 0.2) is 0 Å². The number of amides is 2. The number of nitrogens with one attached hydrogen (secondary N) is 2. The van der Waals surface area contributed by atoms with Crippen molar-refractivity contribution in [1.82, 2.24) is 0 Å². The number of carbonyl (C=O) groups is 2. The van der Waals surface area contributed by atoms with Crippen molar-refractivity contribution in [1.29, 1.82) is 0 Å². The van der Waals surface area contributed by atoms with Gasteiger partial charge in [0.05, 0.1) is 5.69 Å². The van der Waals surface area contributed by atoms with Crippen LogP contribution in [-0.2, 0) is 11.3 Å². The quantitative estimate of drug-likeness (QED) is 0.525. The smallest absolute Gasteiger partial charge is 0.412 e. The van der Waals surface area contributed by atoms with Crippen molar-refractivity contribution in [3.8, 4) is 5.75 Å². The monoisotopic (exact) mass is 418 g/mol. The zero-order valence-corrected chi connectivity index (χ0v) is 17.8. The van der Waals surface area contributed by atoms with Crippen LogP contribution in [-0.4, -0.2) is 17.6 Å². The molecule has 0 aromatic heterocycles. The van der Waals surface area contributed by atoms with E-state index in [1.165, 1.54) is 0 Å². The molecule has 3 rings (SSSR count). The van der Waals surface area contributed by atoms with Crippen molar-refractivity contribution in [2.45, 2.75) is 33.0 Å². The van der Waals surface area contributed by atoms with E-state index in [0.717, 1.165) is 5.56 Å². The van der Waals surface area contributed by atoms with Gasteiger partial charge < -0.3 is 14.8 Å². The first kappa shape index (κ1) is 21.9. The summed E-state index contributed by atoms with van der Waals surface area (Å²) in [6.07, 6.45) is -0.585. The lowest BCUT2D eigenvalue weighted by atomic mass is 10.2. The first-order valence-corrected chi connectivity index (χ1v) is 9.97. The first-order valence-electron chi connectivity index (χ1n) is 9.97. The lowest BCUT2D eigenvalue weighted by Gasteiger charge is -2.21. The number of carbonyl (C=O) groups excluding carboxylic acids is 2. The number of benzene rings is 3. The van der Waals surface area contributed by atoms with Gasteiger partial charge in [-0.2, -0.15) is 0 Å². The summed E-state index contributed by atoms with van der Waals surface area (Å²) in [4.78, 5) is 24.7. The van der Waals surface area contributed by atoms with Gasteiger partial charge in [-0.1, -0.05) is 48.5 Å². The molecule has 0 bridgehead atoms. The van der Waals surface area contributed by atoms with Crippen molar-refractivity contribution in [2.75, 3.05) is 10.6 Å². The highest BCUT2D eigenvalue weighted by Gasteiger charge is 2.18. The Labute approximate surface area is 182 Å². The molecule has 3 aromatic rings. The maximum atomic E-state index is 12.5. The van der Waals surface area contributed by atoms with Crippen LogP contribution in [0.4, 0.5) is 16.2 Å². The number of anilines is 2. The largest absolute Gasteiger partial charge is 0.487 e. The third-order valence-corrected chi connectivity index (χ3v) is 4.15. The Balaban J connectivity index is 1.80. The van der Waals surface area contributed by atoms with Crippen molar-refractivity contribution >= 4 is 23.4 Å². The molecule has 0 saturated heterocycles. The Morgan fingerprint density at radius 1 is 0.839 bits per heavy atom. The van der Waals surface area contributed by atoms with Gasteiger partial charge in [0.2, 0.25) is 0 Å². The number of rotatable bonds is 6. The fraction of sp³-hybridized carbons (Fsp3) is 0.200. The lowest BCUT2D eigenvalue weighted by molar-refractivity contribution is 0.0635. The summed E-state index contributed by atoms with van der Waals surface area (Å²) >= 11 is 0. The number of ether oxygens (including phenoxy) is 2. The molecule has 2 N–H and O–H groups in total. The number of hydrogen-bond acceptors (Lipinski definition) is 4. The first-order chi connectivity index (χ1) is 14.8. The average molecular weight is 418 g/mol. The number of hydrogen-bond donors (Lipinski definition) is 2. The van der Waals surface area contributed by atoms with Gasteiger partial charge in [-0.05, 0) is 50.6 Å². The Bertz CT molecular complexity index is 1030. The third kappa shape index (κ3) is 6.89. The third-order valence-electron chi connectivity index (χ3n) is 4.15. The topological polar surface area (TPSA) is 76.7 Å². The van der Waals surface area contributed by atoms with E-state index in [2.05, 4.69) is 10.6 Å². The van der Waals surface area contributed by atoms with Crippen LogP contribution in [0.5, 0.6) is 5.75 Å². The summed E-state index contributed by atoms with van der Waals surface area (Å²) in [6.45, 7) is 5.69. The summed E-state index contributed by atoms with van der Waals surface area (Å²) in [7, 11) is 0. The van der Waals surface area contributed by atoms with Crippen molar-refractivity contribution in [2.24, 2.45) is 0 Å². The molecule has 0 atom stereocenters. The molecular formula is C25H26N2O4. The normalized spacial score (nSPS) is 10.8. The van der Waals surface area contributed by atoms with E-state index in [9.17, 15) is 9.59 Å². The molecule has 0 saturated carbocycles. The highest BCUT2D eigenvalue weighted by Crippen LogP contribution is 2.30. The molecule has 2 amide bonds. The van der Waals surface area contributed by atoms with Crippen molar-refractivity contribution < 1.29 is 19.1 Å². The van der Waals surface area contributed by atoms with E-state index in [1.807, 2.05) is 36.4 Å². The molecule has 6 nitrogen and oxygen atoms in total. The summed E-state index contributed by atoms with van der Waals surface area (Å²) in [5.74, 6) is 0.183. The standard InChI is InChI=1S/C25H26N2O4/c1-25(2,3)31-24(29)27-21-15-14-20(26-23(28)19-12-8-5-9-13-19)16-22(21)30-17-18-10-6-4-7-11-18/h4-16H,17H2,1-3H3,(H,26,28)(H,27,29). The summed E-state index contributed by atoms with van der Waals surface area (Å²) in [6, 6.07) is 23.6. The minimum Gasteiger partial charge on any atom is -0.487 e.